The quantitative estimate of drug-likeness (QED) is 0.515. The largest absolute Gasteiger partial charge is 0.357 e. The molecule has 126 valence electrons. The fraction of sp³-hybridized carbons (Fsp3) is 0.643. The van der Waals surface area contributed by atoms with Crippen LogP contribution in [0, 0.1) is 6.92 Å². The summed E-state index contributed by atoms with van der Waals surface area (Å²) in [6, 6.07) is 4.15. The average molecular weight is 347 g/mol. The number of nitrogens with zero attached hydrogens (tertiary/aromatic N) is 1. The normalized spacial score (nSPS) is 13.2. The molecule has 0 fully saturated rings. The van der Waals surface area contributed by atoms with Crippen molar-refractivity contribution in [2.45, 2.75) is 39.8 Å². The first-order valence-corrected chi connectivity index (χ1v) is 9.88. The Labute approximate surface area is 137 Å². The highest BCUT2D eigenvalue weighted by molar-refractivity contribution is 7.88. The lowest BCUT2D eigenvalue weighted by atomic mass is 10.1. The number of sulfonamides is 1. The van der Waals surface area contributed by atoms with Crippen molar-refractivity contribution in [3.8, 4) is 0 Å². The van der Waals surface area contributed by atoms with Crippen LogP contribution in [-0.4, -0.2) is 39.3 Å². The Morgan fingerprint density at radius 1 is 1.32 bits per heavy atom. The third kappa shape index (κ3) is 7.77. The van der Waals surface area contributed by atoms with Crippen LogP contribution in [0.5, 0.6) is 0 Å². The first-order valence-electron chi connectivity index (χ1n) is 7.18. The van der Waals surface area contributed by atoms with Crippen LogP contribution in [0.25, 0.3) is 0 Å². The van der Waals surface area contributed by atoms with Gasteiger partial charge < -0.3 is 10.6 Å². The van der Waals surface area contributed by atoms with Crippen molar-refractivity contribution in [1.82, 2.24) is 15.4 Å². The van der Waals surface area contributed by atoms with E-state index < -0.39 is 15.6 Å². The maximum atomic E-state index is 11.3. The van der Waals surface area contributed by atoms with Crippen LogP contribution in [-0.2, 0) is 16.6 Å². The molecule has 0 atom stereocenters. The number of hydrogen-bond acceptors (Lipinski definition) is 4. The number of aliphatic imine (C=N–C) groups is 1. The predicted molar refractivity (Wildman–Crippen MR) is 93.9 cm³/mol. The molecule has 0 aliphatic carbocycles. The molecular formula is C14H26N4O2S2. The minimum Gasteiger partial charge on any atom is -0.357 e. The molecule has 6 nitrogen and oxygen atoms in total. The van der Waals surface area contributed by atoms with Crippen molar-refractivity contribution in [1.29, 1.82) is 0 Å². The van der Waals surface area contributed by atoms with Gasteiger partial charge in [0.2, 0.25) is 10.0 Å². The maximum absolute atomic E-state index is 11.3. The highest BCUT2D eigenvalue weighted by Gasteiger charge is 2.22. The Morgan fingerprint density at radius 3 is 2.50 bits per heavy atom. The highest BCUT2D eigenvalue weighted by Crippen LogP contribution is 2.15. The van der Waals surface area contributed by atoms with Crippen LogP contribution < -0.4 is 15.4 Å². The molecule has 0 aromatic carbocycles. The van der Waals surface area contributed by atoms with Crippen LogP contribution in [0.15, 0.2) is 17.1 Å². The number of hydrogen-bond donors (Lipinski definition) is 3. The first kappa shape index (κ1) is 18.9. The van der Waals surface area contributed by atoms with E-state index in [2.05, 4.69) is 39.4 Å². The standard InChI is InChI=1S/C14H26N4O2S2/c1-6-15-13(16-9-12-8-7-11(2)21-12)17-10-14(3,4)18-22(5,19)20/h7-8,18H,6,9-10H2,1-5H3,(H2,15,16,17). The highest BCUT2D eigenvalue weighted by atomic mass is 32.2. The summed E-state index contributed by atoms with van der Waals surface area (Å²) in [5, 5.41) is 6.34. The molecule has 0 spiro atoms. The Bertz CT molecular complexity index is 606. The molecule has 1 aromatic rings. The van der Waals surface area contributed by atoms with Crippen molar-refractivity contribution < 1.29 is 8.42 Å². The van der Waals surface area contributed by atoms with Gasteiger partial charge >= 0.3 is 0 Å². The number of thiophene rings is 1. The van der Waals surface area contributed by atoms with Gasteiger partial charge in [-0.2, -0.15) is 0 Å². The van der Waals surface area contributed by atoms with Gasteiger partial charge in [0.25, 0.3) is 0 Å². The second kappa shape index (κ2) is 7.94. The Morgan fingerprint density at radius 2 is 2.00 bits per heavy atom. The van der Waals surface area contributed by atoms with Gasteiger partial charge in [0.15, 0.2) is 5.96 Å². The molecule has 8 heteroatoms. The molecular weight excluding hydrogens is 320 g/mol. The van der Waals surface area contributed by atoms with E-state index in [9.17, 15) is 8.42 Å². The van der Waals surface area contributed by atoms with Crippen LogP contribution in [0.1, 0.15) is 30.5 Å². The molecule has 1 aromatic heterocycles. The molecule has 0 aliphatic heterocycles. The third-order valence-electron chi connectivity index (χ3n) is 2.69. The van der Waals surface area contributed by atoms with Crippen molar-refractivity contribution in [3.05, 3.63) is 21.9 Å². The van der Waals surface area contributed by atoms with Gasteiger partial charge in [0, 0.05) is 28.4 Å². The van der Waals surface area contributed by atoms with Gasteiger partial charge in [-0.1, -0.05) is 0 Å². The van der Waals surface area contributed by atoms with Gasteiger partial charge in [-0.3, -0.25) is 0 Å². The van der Waals surface area contributed by atoms with E-state index in [1.54, 1.807) is 11.3 Å². The number of guanidine groups is 1. The van der Waals surface area contributed by atoms with Crippen molar-refractivity contribution >= 4 is 27.3 Å². The third-order valence-corrected chi connectivity index (χ3v) is 4.60. The number of rotatable bonds is 7. The summed E-state index contributed by atoms with van der Waals surface area (Å²) in [5.41, 5.74) is -0.594. The van der Waals surface area contributed by atoms with E-state index in [-0.39, 0.29) is 0 Å². The van der Waals surface area contributed by atoms with E-state index in [0.29, 0.717) is 19.0 Å². The molecule has 22 heavy (non-hydrogen) atoms. The van der Waals surface area contributed by atoms with Gasteiger partial charge in [0.05, 0.1) is 12.8 Å². The predicted octanol–water partition coefficient (Wildman–Crippen LogP) is 1.44. The SMILES string of the molecule is CCNC(=NCc1ccc(C)s1)NCC(C)(C)NS(C)(=O)=O. The minimum absolute atomic E-state index is 0.440. The summed E-state index contributed by atoms with van der Waals surface area (Å²) in [6.07, 6.45) is 1.16. The molecule has 0 saturated heterocycles. The lowest BCUT2D eigenvalue weighted by Gasteiger charge is -2.26. The van der Waals surface area contributed by atoms with Crippen molar-refractivity contribution in [2.75, 3.05) is 19.3 Å². The minimum atomic E-state index is -3.24. The molecule has 0 aliphatic rings. The van der Waals surface area contributed by atoms with Gasteiger partial charge in [0.1, 0.15) is 0 Å². The monoisotopic (exact) mass is 346 g/mol. The van der Waals surface area contributed by atoms with E-state index in [0.717, 1.165) is 12.8 Å². The second-order valence-electron chi connectivity index (χ2n) is 5.82. The summed E-state index contributed by atoms with van der Waals surface area (Å²) in [4.78, 5) is 6.99. The molecule has 0 saturated carbocycles. The smallest absolute Gasteiger partial charge is 0.209 e. The summed E-state index contributed by atoms with van der Waals surface area (Å²) >= 11 is 1.73. The summed E-state index contributed by atoms with van der Waals surface area (Å²) < 4.78 is 25.3. The molecule has 0 amide bonds. The van der Waals surface area contributed by atoms with E-state index in [1.807, 2.05) is 20.8 Å². The van der Waals surface area contributed by atoms with Gasteiger partial charge in [-0.05, 0) is 39.8 Å². The summed E-state index contributed by atoms with van der Waals surface area (Å²) in [6.45, 7) is 9.51. The lowest BCUT2D eigenvalue weighted by molar-refractivity contribution is 0.446. The first-order chi connectivity index (χ1) is 10.1. The van der Waals surface area contributed by atoms with Crippen molar-refractivity contribution in [3.63, 3.8) is 0 Å². The average Bonchev–Trinajstić information content (AvgIpc) is 2.76. The zero-order valence-electron chi connectivity index (χ0n) is 13.9. The fourth-order valence-electron chi connectivity index (χ4n) is 1.91. The van der Waals surface area contributed by atoms with Crippen LogP contribution >= 0.6 is 11.3 Å². The zero-order valence-corrected chi connectivity index (χ0v) is 15.5. The maximum Gasteiger partial charge on any atom is 0.209 e. The molecule has 1 rings (SSSR count). The number of nitrogens with one attached hydrogen (secondary N) is 3. The molecule has 1 heterocycles. The molecule has 0 radical (unpaired) electrons. The Kier molecular flexibility index (Phi) is 6.83. The van der Waals surface area contributed by atoms with E-state index in [4.69, 9.17) is 0 Å². The molecule has 3 N–H and O–H groups in total. The van der Waals surface area contributed by atoms with Gasteiger partial charge in [-0.15, -0.1) is 11.3 Å². The second-order valence-corrected chi connectivity index (χ2v) is 8.94. The molecule has 0 bridgehead atoms. The van der Waals surface area contributed by atoms with Gasteiger partial charge in [-0.25, -0.2) is 18.1 Å². The van der Waals surface area contributed by atoms with Crippen LogP contribution in [0.4, 0.5) is 0 Å². The van der Waals surface area contributed by atoms with Crippen molar-refractivity contribution in [2.24, 2.45) is 4.99 Å². The zero-order chi connectivity index (χ0) is 16.8. The fourth-order valence-corrected chi connectivity index (χ4v) is 3.80. The van der Waals surface area contributed by atoms with E-state index >= 15 is 0 Å². The van der Waals surface area contributed by atoms with Crippen LogP contribution in [0.2, 0.25) is 0 Å². The Balaban J connectivity index is 2.63. The lowest BCUT2D eigenvalue weighted by Crippen LogP contribution is -2.53. The summed E-state index contributed by atoms with van der Waals surface area (Å²) in [7, 11) is -3.24. The van der Waals surface area contributed by atoms with Crippen LogP contribution in [0.3, 0.4) is 0 Å². The topological polar surface area (TPSA) is 82.6 Å². The Hall–Kier alpha value is -1.12. The molecule has 0 unspecified atom stereocenters. The van der Waals surface area contributed by atoms with E-state index in [1.165, 1.54) is 9.75 Å². The summed E-state index contributed by atoms with van der Waals surface area (Å²) in [5.74, 6) is 0.678. The number of aryl methyl sites for hydroxylation is 1.